The number of carbonyl (C=O) groups is 1. The van der Waals surface area contributed by atoms with Crippen molar-refractivity contribution in [3.05, 3.63) is 26.6 Å². The van der Waals surface area contributed by atoms with Gasteiger partial charge in [0.2, 0.25) is 0 Å². The molecule has 0 bridgehead atoms. The number of carbonyl (C=O) groups excluding carboxylic acids is 1. The first-order chi connectivity index (χ1) is 10.8. The van der Waals surface area contributed by atoms with Crippen LogP contribution in [-0.4, -0.2) is 28.3 Å². The molecule has 2 aromatic heterocycles. The van der Waals surface area contributed by atoms with E-state index in [0.717, 1.165) is 11.3 Å². The molecule has 0 aliphatic rings. The summed E-state index contributed by atoms with van der Waals surface area (Å²) >= 11 is 1.15. The second-order valence-corrected chi connectivity index (χ2v) is 6.96. The van der Waals surface area contributed by atoms with Gasteiger partial charge in [-0.1, -0.05) is 13.8 Å². The Bertz CT molecular complexity index is 793. The minimum absolute atomic E-state index is 0.0212. The minimum atomic E-state index is -0.641. The molecule has 0 aliphatic carbocycles. The van der Waals surface area contributed by atoms with Crippen LogP contribution in [0.25, 0.3) is 10.2 Å². The molecule has 0 spiro atoms. The molecule has 126 valence electrons. The number of aryl methyl sites for hydroxylation is 1. The van der Waals surface area contributed by atoms with Gasteiger partial charge in [-0.05, 0) is 26.3 Å². The van der Waals surface area contributed by atoms with Gasteiger partial charge in [0.1, 0.15) is 22.2 Å². The summed E-state index contributed by atoms with van der Waals surface area (Å²) in [6.07, 6.45) is -0.241. The fourth-order valence-electron chi connectivity index (χ4n) is 2.44. The minimum Gasteiger partial charge on any atom is -0.459 e. The van der Waals surface area contributed by atoms with Crippen molar-refractivity contribution in [2.45, 2.75) is 53.2 Å². The van der Waals surface area contributed by atoms with Crippen molar-refractivity contribution in [1.29, 1.82) is 0 Å². The summed E-state index contributed by atoms with van der Waals surface area (Å²) in [5.41, 5.74) is 0.254. The van der Waals surface area contributed by atoms with Gasteiger partial charge in [-0.25, -0.2) is 14.2 Å². The number of fused-ring (bicyclic) bond motifs is 1. The number of ether oxygens (including phenoxy) is 1. The van der Waals surface area contributed by atoms with Crippen LogP contribution in [0.5, 0.6) is 0 Å². The van der Waals surface area contributed by atoms with E-state index in [1.807, 2.05) is 13.8 Å². The van der Waals surface area contributed by atoms with Crippen LogP contribution in [0.2, 0.25) is 0 Å². The van der Waals surface area contributed by atoms with Crippen molar-refractivity contribution in [1.82, 2.24) is 9.55 Å². The lowest BCUT2D eigenvalue weighted by atomic mass is 10.1. The molecule has 0 saturated heterocycles. The third-order valence-electron chi connectivity index (χ3n) is 3.43. The lowest BCUT2D eigenvalue weighted by Gasteiger charge is -2.13. The zero-order valence-electron chi connectivity index (χ0n) is 14.0. The van der Waals surface area contributed by atoms with Crippen LogP contribution in [0.4, 0.5) is 4.39 Å². The quantitative estimate of drug-likeness (QED) is 0.783. The first kappa shape index (κ1) is 17.6. The van der Waals surface area contributed by atoms with E-state index in [-0.39, 0.29) is 24.1 Å². The first-order valence-corrected chi connectivity index (χ1v) is 8.40. The number of alkyl halides is 1. The van der Waals surface area contributed by atoms with E-state index < -0.39 is 12.6 Å². The maximum Gasteiger partial charge on any atom is 0.348 e. The molecule has 2 heterocycles. The molecule has 23 heavy (non-hydrogen) atoms. The Labute approximate surface area is 138 Å². The highest BCUT2D eigenvalue weighted by Crippen LogP contribution is 2.29. The highest BCUT2D eigenvalue weighted by Gasteiger charge is 2.23. The second kappa shape index (κ2) is 6.78. The molecule has 0 amide bonds. The first-order valence-electron chi connectivity index (χ1n) is 7.58. The van der Waals surface area contributed by atoms with E-state index in [9.17, 15) is 14.0 Å². The van der Waals surface area contributed by atoms with E-state index in [2.05, 4.69) is 4.98 Å². The van der Waals surface area contributed by atoms with Crippen LogP contribution in [0.1, 0.15) is 54.7 Å². The lowest BCUT2D eigenvalue weighted by molar-refractivity contribution is 0.0383. The summed E-state index contributed by atoms with van der Waals surface area (Å²) in [7, 11) is 0. The smallest absolute Gasteiger partial charge is 0.348 e. The highest BCUT2D eigenvalue weighted by molar-refractivity contribution is 7.20. The molecule has 0 fully saturated rings. The number of hydrogen-bond donors (Lipinski definition) is 0. The summed E-state index contributed by atoms with van der Waals surface area (Å²) in [4.78, 5) is 30.3. The van der Waals surface area contributed by atoms with Crippen LogP contribution in [0.3, 0.4) is 0 Å². The number of nitrogens with zero attached hydrogens (tertiary/aromatic N) is 2. The predicted octanol–water partition coefficient (Wildman–Crippen LogP) is 3.42. The predicted molar refractivity (Wildman–Crippen MR) is 89.2 cm³/mol. The van der Waals surface area contributed by atoms with Gasteiger partial charge in [-0.2, -0.15) is 0 Å². The van der Waals surface area contributed by atoms with Crippen LogP contribution in [-0.2, 0) is 11.3 Å². The van der Waals surface area contributed by atoms with Crippen molar-refractivity contribution >= 4 is 27.5 Å². The monoisotopic (exact) mass is 340 g/mol. The molecule has 0 unspecified atom stereocenters. The third kappa shape index (κ3) is 3.29. The van der Waals surface area contributed by atoms with Gasteiger partial charge < -0.3 is 4.74 Å². The molecule has 2 aromatic rings. The van der Waals surface area contributed by atoms with Gasteiger partial charge in [0.25, 0.3) is 5.56 Å². The average molecular weight is 340 g/mol. The van der Waals surface area contributed by atoms with Crippen molar-refractivity contribution in [3.63, 3.8) is 0 Å². The Balaban J connectivity index is 2.71. The number of aromatic nitrogens is 2. The van der Waals surface area contributed by atoms with Crippen LogP contribution in [0.15, 0.2) is 4.79 Å². The van der Waals surface area contributed by atoms with Gasteiger partial charge >= 0.3 is 5.97 Å². The Morgan fingerprint density at radius 2 is 2.00 bits per heavy atom. The van der Waals surface area contributed by atoms with Gasteiger partial charge in [0, 0.05) is 5.92 Å². The Morgan fingerprint density at radius 3 is 2.52 bits per heavy atom. The summed E-state index contributed by atoms with van der Waals surface area (Å²) < 4.78 is 19.4. The van der Waals surface area contributed by atoms with Crippen molar-refractivity contribution in [2.75, 3.05) is 6.67 Å². The molecular weight excluding hydrogens is 319 g/mol. The molecule has 0 aliphatic heterocycles. The Morgan fingerprint density at radius 1 is 1.35 bits per heavy atom. The van der Waals surface area contributed by atoms with E-state index >= 15 is 0 Å². The second-order valence-electron chi connectivity index (χ2n) is 5.96. The average Bonchev–Trinajstić information content (AvgIpc) is 2.78. The van der Waals surface area contributed by atoms with Crippen LogP contribution in [0, 0.1) is 6.92 Å². The molecule has 0 aromatic carbocycles. The van der Waals surface area contributed by atoms with Crippen molar-refractivity contribution in [2.24, 2.45) is 0 Å². The molecule has 7 heteroatoms. The Hall–Kier alpha value is -1.76. The largest absolute Gasteiger partial charge is 0.459 e. The number of esters is 1. The summed E-state index contributed by atoms with van der Waals surface area (Å²) in [6, 6.07) is 0. The third-order valence-corrected chi connectivity index (χ3v) is 4.60. The summed E-state index contributed by atoms with van der Waals surface area (Å²) in [6.45, 7) is 8.36. The van der Waals surface area contributed by atoms with Gasteiger partial charge in [0.15, 0.2) is 0 Å². The molecular formula is C16H21FN2O3S. The van der Waals surface area contributed by atoms with Crippen molar-refractivity contribution < 1.29 is 13.9 Å². The fourth-order valence-corrected chi connectivity index (χ4v) is 3.50. The number of halogens is 1. The lowest BCUT2D eigenvalue weighted by Crippen LogP contribution is -2.26. The van der Waals surface area contributed by atoms with Gasteiger partial charge in [0.05, 0.1) is 18.0 Å². The van der Waals surface area contributed by atoms with E-state index in [0.29, 0.717) is 26.5 Å². The molecule has 0 saturated carbocycles. The van der Waals surface area contributed by atoms with E-state index in [4.69, 9.17) is 4.74 Å². The van der Waals surface area contributed by atoms with Crippen LogP contribution >= 0.6 is 11.3 Å². The van der Waals surface area contributed by atoms with E-state index in [1.165, 1.54) is 4.57 Å². The molecule has 0 N–H and O–H groups in total. The molecule has 2 rings (SSSR count). The van der Waals surface area contributed by atoms with Gasteiger partial charge in [-0.3, -0.25) is 9.36 Å². The normalized spacial score (nSPS) is 11.7. The maximum absolute atomic E-state index is 12.8. The summed E-state index contributed by atoms with van der Waals surface area (Å²) in [5.74, 6) is 0.0559. The number of rotatable bonds is 5. The van der Waals surface area contributed by atoms with Gasteiger partial charge in [-0.15, -0.1) is 11.3 Å². The zero-order chi connectivity index (χ0) is 17.3. The van der Waals surface area contributed by atoms with Crippen LogP contribution < -0.4 is 5.56 Å². The topological polar surface area (TPSA) is 61.2 Å². The molecule has 5 nitrogen and oxygen atoms in total. The van der Waals surface area contributed by atoms with Crippen molar-refractivity contribution in [3.8, 4) is 0 Å². The SMILES string of the molecule is Cc1c(C(=O)OC(C)C)sc2nc(C(C)C)n(CCF)c(=O)c12. The summed E-state index contributed by atoms with van der Waals surface area (Å²) in [5, 5.41) is 0.378. The molecule has 0 atom stereocenters. The number of hydrogen-bond acceptors (Lipinski definition) is 5. The zero-order valence-corrected chi connectivity index (χ0v) is 14.8. The maximum atomic E-state index is 12.8. The number of thiophene rings is 1. The standard InChI is InChI=1S/C16H21FN2O3S/c1-8(2)13-18-14-11(15(20)19(13)7-6-17)10(5)12(23-14)16(21)22-9(3)4/h8-9H,6-7H2,1-5H3. The van der Waals surface area contributed by atoms with E-state index in [1.54, 1.807) is 20.8 Å². The Kier molecular flexibility index (Phi) is 5.19. The molecule has 0 radical (unpaired) electrons. The fraction of sp³-hybridized carbons (Fsp3) is 0.562. The highest BCUT2D eigenvalue weighted by atomic mass is 32.1.